The topological polar surface area (TPSA) is 54.5 Å². The molecule has 0 spiro atoms. The van der Waals surface area contributed by atoms with Crippen LogP contribution in [-0.2, 0) is 6.42 Å². The first kappa shape index (κ1) is 26.1. The molecule has 0 bridgehead atoms. The Balaban J connectivity index is 1.50. The molecule has 1 saturated heterocycles. The molecule has 1 fully saturated rings. The van der Waals surface area contributed by atoms with Gasteiger partial charge in [0.15, 0.2) is 0 Å². The Morgan fingerprint density at radius 1 is 1.16 bits per heavy atom. The summed E-state index contributed by atoms with van der Waals surface area (Å²) in [5.41, 5.74) is 0.953. The molecule has 3 N–H and O–H groups in total. The van der Waals surface area contributed by atoms with Gasteiger partial charge in [0.2, 0.25) is 0 Å². The summed E-state index contributed by atoms with van der Waals surface area (Å²) in [4.78, 5) is 7.49. The Labute approximate surface area is 216 Å². The lowest BCUT2D eigenvalue weighted by Crippen LogP contribution is -2.54. The number of anilines is 1. The standard InChI is InChI=1S/C29H37F3N4O/c1-4-5-10-35-14-20(15-35)33-19-12-23(30)26(24(31)13-19)28-27-22(21-8-6-7-9-25(21)34-27)11-18(2)36(28)16-29(3,32)17-37/h6-9,12-13,18,20,28,33-34,37H,4-5,10-11,14-17H2,1-3H3/t18-,28-,29-/m1/s1. The summed E-state index contributed by atoms with van der Waals surface area (Å²) in [6.07, 6.45) is 2.89. The Hall–Kier alpha value is -2.55. The van der Waals surface area contributed by atoms with Gasteiger partial charge in [-0.3, -0.25) is 9.80 Å². The van der Waals surface area contributed by atoms with Crippen molar-refractivity contribution in [2.24, 2.45) is 0 Å². The highest BCUT2D eigenvalue weighted by Gasteiger charge is 2.42. The number of H-pyrrole nitrogens is 1. The number of aromatic amines is 1. The normalized spacial score (nSPS) is 22.6. The number of nitrogens with zero attached hydrogens (tertiary/aromatic N) is 2. The number of nitrogens with one attached hydrogen (secondary N) is 2. The van der Waals surface area contributed by atoms with Gasteiger partial charge in [-0.2, -0.15) is 0 Å². The molecule has 2 aromatic carbocycles. The molecule has 5 rings (SSSR count). The predicted molar refractivity (Wildman–Crippen MR) is 142 cm³/mol. The van der Waals surface area contributed by atoms with Crippen LogP contribution in [0.3, 0.4) is 0 Å². The summed E-state index contributed by atoms with van der Waals surface area (Å²) < 4.78 is 46.7. The maximum absolute atomic E-state index is 15.8. The monoisotopic (exact) mass is 514 g/mol. The van der Waals surface area contributed by atoms with E-state index in [4.69, 9.17) is 0 Å². The van der Waals surface area contributed by atoms with Crippen molar-refractivity contribution < 1.29 is 18.3 Å². The van der Waals surface area contributed by atoms with Gasteiger partial charge in [-0.25, -0.2) is 13.2 Å². The van der Waals surface area contributed by atoms with Crippen LogP contribution in [-0.4, -0.2) is 70.4 Å². The van der Waals surface area contributed by atoms with E-state index in [0.717, 1.165) is 48.9 Å². The van der Waals surface area contributed by atoms with Crippen molar-refractivity contribution in [2.45, 2.75) is 63.8 Å². The molecule has 3 aromatic rings. The number of aliphatic hydroxyl groups excluding tert-OH is 1. The predicted octanol–water partition coefficient (Wildman–Crippen LogP) is 5.40. The molecule has 0 amide bonds. The van der Waals surface area contributed by atoms with Crippen LogP contribution < -0.4 is 5.32 Å². The number of para-hydroxylation sites is 1. The third kappa shape index (κ3) is 5.11. The summed E-state index contributed by atoms with van der Waals surface area (Å²) in [6, 6.07) is 9.61. The molecular formula is C29H37F3N4O. The van der Waals surface area contributed by atoms with Crippen molar-refractivity contribution in [3.05, 3.63) is 64.9 Å². The van der Waals surface area contributed by atoms with Gasteiger partial charge in [-0.05, 0) is 57.0 Å². The van der Waals surface area contributed by atoms with E-state index in [1.165, 1.54) is 19.1 Å². The van der Waals surface area contributed by atoms with Gasteiger partial charge in [-0.1, -0.05) is 31.5 Å². The molecule has 0 radical (unpaired) electrons. The van der Waals surface area contributed by atoms with Crippen LogP contribution in [0.15, 0.2) is 36.4 Å². The number of hydrogen-bond acceptors (Lipinski definition) is 4. The number of rotatable bonds is 9. The number of alkyl halides is 1. The molecule has 5 nitrogen and oxygen atoms in total. The second-order valence-corrected chi connectivity index (χ2v) is 11.1. The zero-order chi connectivity index (χ0) is 26.3. The molecule has 3 atom stereocenters. The summed E-state index contributed by atoms with van der Waals surface area (Å²) in [5, 5.41) is 13.9. The lowest BCUT2D eigenvalue weighted by Gasteiger charge is -2.43. The highest BCUT2D eigenvalue weighted by molar-refractivity contribution is 5.85. The second-order valence-electron chi connectivity index (χ2n) is 11.1. The maximum atomic E-state index is 15.8. The number of aromatic nitrogens is 1. The van der Waals surface area contributed by atoms with Crippen LogP contribution in [0.4, 0.5) is 18.9 Å². The molecule has 0 unspecified atom stereocenters. The smallest absolute Gasteiger partial charge is 0.143 e. The first-order valence-electron chi connectivity index (χ1n) is 13.3. The van der Waals surface area contributed by atoms with E-state index >= 15 is 13.2 Å². The number of benzene rings is 2. The van der Waals surface area contributed by atoms with E-state index < -0.39 is 30.0 Å². The van der Waals surface area contributed by atoms with E-state index in [0.29, 0.717) is 17.8 Å². The van der Waals surface area contributed by atoms with E-state index in [9.17, 15) is 5.11 Å². The zero-order valence-corrected chi connectivity index (χ0v) is 21.8. The van der Waals surface area contributed by atoms with E-state index in [1.54, 1.807) is 4.90 Å². The van der Waals surface area contributed by atoms with Gasteiger partial charge < -0.3 is 15.4 Å². The van der Waals surface area contributed by atoms with Crippen LogP contribution in [0.5, 0.6) is 0 Å². The van der Waals surface area contributed by atoms with Gasteiger partial charge in [0.25, 0.3) is 0 Å². The number of hydrogen-bond donors (Lipinski definition) is 3. The number of halogens is 3. The van der Waals surface area contributed by atoms with Crippen LogP contribution in [0.25, 0.3) is 10.9 Å². The van der Waals surface area contributed by atoms with Crippen LogP contribution in [0.2, 0.25) is 0 Å². The SMILES string of the molecule is CCCCN1CC(Nc2cc(F)c([C@@H]3c4[nH]c5ccccc5c4C[C@@H](C)N3C[C@@](C)(F)CO)c(F)c2)C1. The maximum Gasteiger partial charge on any atom is 0.143 e. The Bertz CT molecular complexity index is 1230. The molecule has 37 heavy (non-hydrogen) atoms. The Morgan fingerprint density at radius 3 is 2.54 bits per heavy atom. The largest absolute Gasteiger partial charge is 0.393 e. The second kappa shape index (κ2) is 10.3. The number of unbranched alkanes of at least 4 members (excludes halogenated alkanes) is 1. The van der Waals surface area contributed by atoms with Crippen molar-refractivity contribution in [2.75, 3.05) is 38.1 Å². The fourth-order valence-corrected chi connectivity index (χ4v) is 5.89. The van der Waals surface area contributed by atoms with Gasteiger partial charge in [0, 0.05) is 53.5 Å². The van der Waals surface area contributed by atoms with Gasteiger partial charge in [-0.15, -0.1) is 0 Å². The first-order valence-corrected chi connectivity index (χ1v) is 13.3. The fourth-order valence-electron chi connectivity index (χ4n) is 5.89. The van der Waals surface area contributed by atoms with Crippen molar-refractivity contribution in [3.8, 4) is 0 Å². The number of aliphatic hydroxyl groups is 1. The molecule has 0 aliphatic carbocycles. The molecule has 2 aliphatic heterocycles. The average molecular weight is 515 g/mol. The minimum Gasteiger partial charge on any atom is -0.393 e. The van der Waals surface area contributed by atoms with E-state index in [-0.39, 0.29) is 24.2 Å². The molecule has 2 aliphatic rings. The van der Waals surface area contributed by atoms with Crippen molar-refractivity contribution >= 4 is 16.6 Å². The number of likely N-dealkylation sites (tertiary alicyclic amines) is 1. The fraction of sp³-hybridized carbons (Fsp3) is 0.517. The van der Waals surface area contributed by atoms with Gasteiger partial charge in [0.1, 0.15) is 17.3 Å². The van der Waals surface area contributed by atoms with Crippen LogP contribution in [0, 0.1) is 11.6 Å². The molecule has 0 saturated carbocycles. The van der Waals surface area contributed by atoms with Crippen molar-refractivity contribution in [1.82, 2.24) is 14.8 Å². The number of fused-ring (bicyclic) bond motifs is 3. The average Bonchev–Trinajstić information content (AvgIpc) is 3.19. The highest BCUT2D eigenvalue weighted by Crippen LogP contribution is 2.43. The summed E-state index contributed by atoms with van der Waals surface area (Å²) in [6.45, 7) is 7.35. The third-order valence-electron chi connectivity index (χ3n) is 7.87. The lowest BCUT2D eigenvalue weighted by molar-refractivity contribution is 0.0162. The quantitative estimate of drug-likeness (QED) is 0.358. The summed E-state index contributed by atoms with van der Waals surface area (Å²) >= 11 is 0. The first-order chi connectivity index (χ1) is 17.7. The summed E-state index contributed by atoms with van der Waals surface area (Å²) in [5.74, 6) is -1.33. The van der Waals surface area contributed by atoms with Gasteiger partial charge >= 0.3 is 0 Å². The highest BCUT2D eigenvalue weighted by atomic mass is 19.1. The molecular weight excluding hydrogens is 477 g/mol. The van der Waals surface area contributed by atoms with Crippen molar-refractivity contribution in [3.63, 3.8) is 0 Å². The van der Waals surface area contributed by atoms with E-state index in [2.05, 4.69) is 22.1 Å². The minimum atomic E-state index is -1.92. The third-order valence-corrected chi connectivity index (χ3v) is 7.87. The summed E-state index contributed by atoms with van der Waals surface area (Å²) in [7, 11) is 0. The molecule has 200 valence electrons. The van der Waals surface area contributed by atoms with Crippen LogP contribution >= 0.6 is 0 Å². The molecule has 3 heterocycles. The Kier molecular flexibility index (Phi) is 7.27. The lowest BCUT2D eigenvalue weighted by atomic mass is 9.87. The van der Waals surface area contributed by atoms with Crippen molar-refractivity contribution in [1.29, 1.82) is 0 Å². The van der Waals surface area contributed by atoms with E-state index in [1.807, 2.05) is 31.2 Å². The zero-order valence-electron chi connectivity index (χ0n) is 21.8. The minimum absolute atomic E-state index is 0.100. The van der Waals surface area contributed by atoms with Gasteiger partial charge in [0.05, 0.1) is 18.7 Å². The Morgan fingerprint density at radius 2 is 1.86 bits per heavy atom. The van der Waals surface area contributed by atoms with Crippen LogP contribution in [0.1, 0.15) is 56.5 Å². The molecule has 8 heteroatoms. The molecule has 1 aromatic heterocycles.